The van der Waals surface area contributed by atoms with Gasteiger partial charge in [0.2, 0.25) is 10.0 Å². The lowest BCUT2D eigenvalue weighted by Gasteiger charge is -2.05. The average molecular weight is 363 g/mol. The van der Waals surface area contributed by atoms with Crippen LogP contribution in [0.25, 0.3) is 11.3 Å². The monoisotopic (exact) mass is 362 g/mol. The van der Waals surface area contributed by atoms with Gasteiger partial charge in [-0.15, -0.1) is 0 Å². The number of pyridine rings is 1. The fraction of sp³-hybridized carbons (Fsp3) is 0.125. The van der Waals surface area contributed by atoms with Crippen LogP contribution < -0.4 is 4.72 Å². The molecule has 0 saturated heterocycles. The molecule has 0 bridgehead atoms. The SMILES string of the molecule is Cn1nc(CNS(=O)(=O)c2ccc(Cl)cc2)cc1-c1ccncc1. The number of nitrogens with zero attached hydrogens (tertiary/aromatic N) is 3. The summed E-state index contributed by atoms with van der Waals surface area (Å²) in [5.41, 5.74) is 2.48. The second-order valence-electron chi connectivity index (χ2n) is 5.16. The summed E-state index contributed by atoms with van der Waals surface area (Å²) in [5.74, 6) is 0. The number of sulfonamides is 1. The van der Waals surface area contributed by atoms with E-state index in [-0.39, 0.29) is 11.4 Å². The van der Waals surface area contributed by atoms with Crippen LogP contribution in [-0.2, 0) is 23.6 Å². The van der Waals surface area contributed by atoms with E-state index in [9.17, 15) is 8.42 Å². The van der Waals surface area contributed by atoms with E-state index in [4.69, 9.17) is 11.6 Å². The Labute approximate surface area is 145 Å². The first kappa shape index (κ1) is 16.6. The van der Waals surface area contributed by atoms with Crippen molar-refractivity contribution in [2.75, 3.05) is 0 Å². The second kappa shape index (κ2) is 6.72. The van der Waals surface area contributed by atoms with Crippen LogP contribution in [0.4, 0.5) is 0 Å². The van der Waals surface area contributed by atoms with E-state index < -0.39 is 10.0 Å². The van der Waals surface area contributed by atoms with Gasteiger partial charge in [-0.05, 0) is 42.5 Å². The van der Waals surface area contributed by atoms with E-state index in [1.54, 1.807) is 29.2 Å². The van der Waals surface area contributed by atoms with Crippen LogP contribution in [0.3, 0.4) is 0 Å². The predicted octanol–water partition coefficient (Wildman–Crippen LogP) is 2.61. The smallest absolute Gasteiger partial charge is 0.240 e. The summed E-state index contributed by atoms with van der Waals surface area (Å²) in [6.07, 6.45) is 3.40. The maximum atomic E-state index is 12.3. The Balaban J connectivity index is 1.77. The molecule has 1 aromatic carbocycles. The molecular formula is C16H15ClN4O2S. The van der Waals surface area contributed by atoms with Gasteiger partial charge in [0.15, 0.2) is 0 Å². The molecule has 0 unspecified atom stereocenters. The quantitative estimate of drug-likeness (QED) is 0.756. The molecule has 0 radical (unpaired) electrons. The van der Waals surface area contributed by atoms with Gasteiger partial charge in [-0.2, -0.15) is 5.10 Å². The van der Waals surface area contributed by atoms with Crippen LogP contribution in [0.5, 0.6) is 0 Å². The van der Waals surface area contributed by atoms with Crippen LogP contribution in [-0.4, -0.2) is 23.2 Å². The Hall–Kier alpha value is -2.22. The number of rotatable bonds is 5. The topological polar surface area (TPSA) is 76.9 Å². The minimum Gasteiger partial charge on any atom is -0.268 e. The molecule has 0 aliphatic rings. The third kappa shape index (κ3) is 3.64. The van der Waals surface area contributed by atoms with Gasteiger partial charge in [0.05, 0.1) is 22.8 Å². The number of halogens is 1. The summed E-state index contributed by atoms with van der Waals surface area (Å²) >= 11 is 5.78. The minimum absolute atomic E-state index is 0.101. The van der Waals surface area contributed by atoms with E-state index in [2.05, 4.69) is 14.8 Å². The van der Waals surface area contributed by atoms with Crippen molar-refractivity contribution in [2.45, 2.75) is 11.4 Å². The lowest BCUT2D eigenvalue weighted by Crippen LogP contribution is -2.23. The normalized spacial score (nSPS) is 11.6. The molecule has 0 aliphatic carbocycles. The number of aromatic nitrogens is 3. The first-order valence-electron chi connectivity index (χ1n) is 7.14. The van der Waals surface area contributed by atoms with Crippen LogP contribution >= 0.6 is 11.6 Å². The molecule has 0 amide bonds. The van der Waals surface area contributed by atoms with Crippen molar-refractivity contribution in [3.63, 3.8) is 0 Å². The Morgan fingerprint density at radius 1 is 1.12 bits per heavy atom. The zero-order valence-electron chi connectivity index (χ0n) is 12.8. The van der Waals surface area contributed by atoms with E-state index in [1.165, 1.54) is 12.1 Å². The molecule has 6 nitrogen and oxygen atoms in total. The van der Waals surface area contributed by atoms with E-state index in [0.717, 1.165) is 11.3 Å². The van der Waals surface area contributed by atoms with Gasteiger partial charge in [0.25, 0.3) is 0 Å². The summed E-state index contributed by atoms with van der Waals surface area (Å²) in [6.45, 7) is 0.101. The molecule has 0 atom stereocenters. The number of nitrogens with one attached hydrogen (secondary N) is 1. The van der Waals surface area contributed by atoms with E-state index >= 15 is 0 Å². The largest absolute Gasteiger partial charge is 0.268 e. The molecule has 0 fully saturated rings. The highest BCUT2D eigenvalue weighted by Gasteiger charge is 2.15. The molecule has 124 valence electrons. The van der Waals surface area contributed by atoms with Gasteiger partial charge >= 0.3 is 0 Å². The maximum Gasteiger partial charge on any atom is 0.240 e. The van der Waals surface area contributed by atoms with Gasteiger partial charge in [0.1, 0.15) is 0 Å². The zero-order valence-corrected chi connectivity index (χ0v) is 14.4. The molecule has 24 heavy (non-hydrogen) atoms. The van der Waals surface area contributed by atoms with Gasteiger partial charge in [-0.3, -0.25) is 9.67 Å². The predicted molar refractivity (Wildman–Crippen MR) is 91.9 cm³/mol. The fourth-order valence-electron chi connectivity index (χ4n) is 2.27. The third-order valence-electron chi connectivity index (χ3n) is 3.47. The van der Waals surface area contributed by atoms with Crippen molar-refractivity contribution in [1.29, 1.82) is 0 Å². The Kier molecular flexibility index (Phi) is 4.66. The number of hydrogen-bond donors (Lipinski definition) is 1. The lowest BCUT2D eigenvalue weighted by atomic mass is 10.2. The highest BCUT2D eigenvalue weighted by molar-refractivity contribution is 7.89. The van der Waals surface area contributed by atoms with Crippen molar-refractivity contribution in [3.8, 4) is 11.3 Å². The molecule has 1 N–H and O–H groups in total. The summed E-state index contributed by atoms with van der Waals surface area (Å²) in [4.78, 5) is 4.15. The van der Waals surface area contributed by atoms with E-state index in [1.807, 2.05) is 25.2 Å². The summed E-state index contributed by atoms with van der Waals surface area (Å²) in [6, 6.07) is 11.6. The Morgan fingerprint density at radius 3 is 2.46 bits per heavy atom. The number of aryl methyl sites for hydroxylation is 1. The molecule has 2 heterocycles. The lowest BCUT2D eigenvalue weighted by molar-refractivity contribution is 0.579. The molecule has 8 heteroatoms. The standard InChI is InChI=1S/C16H15ClN4O2S/c1-21-16(12-6-8-18-9-7-12)10-14(20-21)11-19-24(22,23)15-4-2-13(17)3-5-15/h2-10,19H,11H2,1H3. The van der Waals surface area contributed by atoms with Crippen LogP contribution in [0.15, 0.2) is 59.8 Å². The number of hydrogen-bond acceptors (Lipinski definition) is 4. The molecule has 3 aromatic rings. The van der Waals surface area contributed by atoms with Crippen LogP contribution in [0.1, 0.15) is 5.69 Å². The van der Waals surface area contributed by atoms with Crippen molar-refractivity contribution < 1.29 is 8.42 Å². The molecular weight excluding hydrogens is 348 g/mol. The van der Waals surface area contributed by atoms with E-state index in [0.29, 0.717) is 10.7 Å². The first-order chi connectivity index (χ1) is 11.5. The molecule has 0 spiro atoms. The molecule has 0 saturated carbocycles. The first-order valence-corrected chi connectivity index (χ1v) is 9.00. The van der Waals surface area contributed by atoms with Gasteiger partial charge in [-0.25, -0.2) is 13.1 Å². The highest BCUT2D eigenvalue weighted by Crippen LogP contribution is 2.19. The maximum absolute atomic E-state index is 12.3. The average Bonchev–Trinajstić information content (AvgIpc) is 2.95. The molecule has 0 aliphatic heterocycles. The fourth-order valence-corrected chi connectivity index (χ4v) is 3.40. The second-order valence-corrected chi connectivity index (χ2v) is 7.36. The number of benzene rings is 1. The highest BCUT2D eigenvalue weighted by atomic mass is 35.5. The van der Waals surface area contributed by atoms with Crippen molar-refractivity contribution in [1.82, 2.24) is 19.5 Å². The van der Waals surface area contributed by atoms with Crippen LogP contribution in [0, 0.1) is 0 Å². The molecule has 2 aromatic heterocycles. The summed E-state index contributed by atoms with van der Waals surface area (Å²) < 4.78 is 28.8. The van der Waals surface area contributed by atoms with Crippen molar-refractivity contribution in [2.24, 2.45) is 7.05 Å². The van der Waals surface area contributed by atoms with Gasteiger partial charge in [-0.1, -0.05) is 11.6 Å². The van der Waals surface area contributed by atoms with Crippen LogP contribution in [0.2, 0.25) is 5.02 Å². The minimum atomic E-state index is -3.61. The summed E-state index contributed by atoms with van der Waals surface area (Å²) in [5, 5.41) is 4.83. The van der Waals surface area contributed by atoms with Crippen molar-refractivity contribution in [3.05, 3.63) is 65.6 Å². The zero-order chi connectivity index (χ0) is 17.2. The van der Waals surface area contributed by atoms with Crippen molar-refractivity contribution >= 4 is 21.6 Å². The Bertz CT molecular complexity index is 938. The third-order valence-corrected chi connectivity index (χ3v) is 5.14. The summed E-state index contributed by atoms with van der Waals surface area (Å²) in [7, 11) is -1.80. The van der Waals surface area contributed by atoms with Gasteiger partial charge in [0, 0.05) is 30.0 Å². The molecule has 3 rings (SSSR count). The Morgan fingerprint density at radius 2 is 1.79 bits per heavy atom. The van der Waals surface area contributed by atoms with Gasteiger partial charge < -0.3 is 0 Å².